The molecular weight excluding hydrogens is 266 g/mol. The van der Waals surface area contributed by atoms with Crippen molar-refractivity contribution in [3.05, 3.63) is 35.4 Å². The fourth-order valence-corrected chi connectivity index (χ4v) is 4.30. The minimum atomic E-state index is 0.267. The number of rotatable bonds is 2. The van der Waals surface area contributed by atoms with Gasteiger partial charge in [0.05, 0.1) is 0 Å². The monoisotopic (exact) mass is 299 g/mol. The van der Waals surface area contributed by atoms with Crippen LogP contribution in [0.3, 0.4) is 0 Å². The Morgan fingerprint density at radius 2 is 1.41 bits per heavy atom. The van der Waals surface area contributed by atoms with Crippen molar-refractivity contribution in [3.63, 3.8) is 0 Å². The van der Waals surface area contributed by atoms with Crippen LogP contribution in [0, 0.1) is 0 Å². The van der Waals surface area contributed by atoms with Gasteiger partial charge in [-0.15, -0.1) is 0 Å². The minimum absolute atomic E-state index is 0.267. The van der Waals surface area contributed by atoms with E-state index in [1.54, 1.807) is 5.56 Å². The van der Waals surface area contributed by atoms with E-state index < -0.39 is 0 Å². The van der Waals surface area contributed by atoms with E-state index in [4.69, 9.17) is 0 Å². The molecule has 0 amide bonds. The Balaban J connectivity index is 1.57. The van der Waals surface area contributed by atoms with E-state index in [2.05, 4.69) is 49.9 Å². The first kappa shape index (κ1) is 16.1. The zero-order chi connectivity index (χ0) is 15.6. The van der Waals surface area contributed by atoms with Crippen molar-refractivity contribution in [2.75, 3.05) is 13.1 Å². The molecular formula is C21H33N. The Labute approximate surface area is 137 Å². The lowest BCUT2D eigenvalue weighted by Gasteiger charge is -2.39. The summed E-state index contributed by atoms with van der Waals surface area (Å²) < 4.78 is 0. The number of hydrogen-bond donors (Lipinski definition) is 0. The highest BCUT2D eigenvalue weighted by molar-refractivity contribution is 5.29. The van der Waals surface area contributed by atoms with E-state index in [-0.39, 0.29) is 5.41 Å². The lowest BCUT2D eigenvalue weighted by molar-refractivity contribution is 0.122. The third-order valence-corrected chi connectivity index (χ3v) is 5.87. The highest BCUT2D eigenvalue weighted by Crippen LogP contribution is 2.33. The van der Waals surface area contributed by atoms with Gasteiger partial charge in [0, 0.05) is 6.04 Å². The summed E-state index contributed by atoms with van der Waals surface area (Å²) in [4.78, 5) is 2.79. The van der Waals surface area contributed by atoms with Gasteiger partial charge >= 0.3 is 0 Å². The number of piperidine rings is 1. The molecule has 0 radical (unpaired) electrons. The van der Waals surface area contributed by atoms with E-state index in [1.807, 2.05) is 0 Å². The van der Waals surface area contributed by atoms with Gasteiger partial charge in [-0.3, -0.25) is 0 Å². The van der Waals surface area contributed by atoms with Crippen molar-refractivity contribution in [2.24, 2.45) is 0 Å². The number of hydrogen-bond acceptors (Lipinski definition) is 1. The van der Waals surface area contributed by atoms with Crippen molar-refractivity contribution < 1.29 is 0 Å². The highest BCUT2D eigenvalue weighted by atomic mass is 15.2. The van der Waals surface area contributed by atoms with Gasteiger partial charge in [-0.1, -0.05) is 64.3 Å². The summed E-state index contributed by atoms with van der Waals surface area (Å²) in [7, 11) is 0. The van der Waals surface area contributed by atoms with Gasteiger partial charge in [-0.2, -0.15) is 0 Å². The topological polar surface area (TPSA) is 3.24 Å². The van der Waals surface area contributed by atoms with E-state index in [1.165, 1.54) is 63.6 Å². The predicted octanol–water partition coefficient (Wildman–Crippen LogP) is 5.50. The molecule has 1 aromatic rings. The van der Waals surface area contributed by atoms with E-state index in [9.17, 15) is 0 Å². The van der Waals surface area contributed by atoms with E-state index in [0.717, 1.165) is 12.0 Å². The van der Waals surface area contributed by atoms with Gasteiger partial charge in [-0.05, 0) is 61.2 Å². The maximum atomic E-state index is 2.79. The van der Waals surface area contributed by atoms with Crippen LogP contribution < -0.4 is 0 Å². The van der Waals surface area contributed by atoms with Crippen molar-refractivity contribution in [1.29, 1.82) is 0 Å². The van der Waals surface area contributed by atoms with Crippen LogP contribution >= 0.6 is 0 Å². The second-order valence-corrected chi connectivity index (χ2v) is 8.47. The normalized spacial score (nSPS) is 22.9. The largest absolute Gasteiger partial charge is 0.300 e. The Morgan fingerprint density at radius 3 is 1.95 bits per heavy atom. The number of nitrogens with zero attached hydrogens (tertiary/aromatic N) is 1. The number of benzene rings is 1. The molecule has 0 bridgehead atoms. The molecule has 0 atom stereocenters. The first-order chi connectivity index (χ1) is 10.5. The Bertz CT molecular complexity index is 454. The van der Waals surface area contributed by atoms with Crippen LogP contribution in [0.25, 0.3) is 0 Å². The average Bonchev–Trinajstić information content (AvgIpc) is 2.55. The molecule has 1 aliphatic heterocycles. The molecule has 1 aromatic carbocycles. The standard InChI is InChI=1S/C21H33N/c1-21(2,3)19-11-9-17(10-12-19)18-13-15-22(16-14-18)20-7-5-4-6-8-20/h9-12,18,20H,4-8,13-16H2,1-3H3. The first-order valence-electron chi connectivity index (χ1n) is 9.38. The van der Waals surface area contributed by atoms with Gasteiger partial charge < -0.3 is 4.90 Å². The summed E-state index contributed by atoms with van der Waals surface area (Å²) in [6.45, 7) is 9.52. The molecule has 1 saturated heterocycles. The molecule has 0 unspecified atom stereocenters. The third-order valence-electron chi connectivity index (χ3n) is 5.87. The van der Waals surface area contributed by atoms with Crippen LogP contribution in [0.1, 0.15) is 82.8 Å². The first-order valence-corrected chi connectivity index (χ1v) is 9.38. The molecule has 3 rings (SSSR count). The molecule has 1 saturated carbocycles. The Hall–Kier alpha value is -0.820. The van der Waals surface area contributed by atoms with Gasteiger partial charge in [0.1, 0.15) is 0 Å². The Morgan fingerprint density at radius 1 is 0.818 bits per heavy atom. The molecule has 122 valence electrons. The second-order valence-electron chi connectivity index (χ2n) is 8.47. The maximum Gasteiger partial charge on any atom is 0.00952 e. The highest BCUT2D eigenvalue weighted by Gasteiger charge is 2.26. The summed E-state index contributed by atoms with van der Waals surface area (Å²) in [5.74, 6) is 0.786. The van der Waals surface area contributed by atoms with Gasteiger partial charge in [0.25, 0.3) is 0 Å². The molecule has 0 aromatic heterocycles. The molecule has 1 aliphatic carbocycles. The van der Waals surface area contributed by atoms with Gasteiger partial charge in [0.15, 0.2) is 0 Å². The van der Waals surface area contributed by atoms with Crippen molar-refractivity contribution in [2.45, 2.75) is 83.1 Å². The minimum Gasteiger partial charge on any atom is -0.300 e. The van der Waals surface area contributed by atoms with Crippen molar-refractivity contribution in [1.82, 2.24) is 4.90 Å². The molecule has 2 fully saturated rings. The van der Waals surface area contributed by atoms with Crippen LogP contribution in [0.5, 0.6) is 0 Å². The van der Waals surface area contributed by atoms with Crippen molar-refractivity contribution in [3.8, 4) is 0 Å². The fourth-order valence-electron chi connectivity index (χ4n) is 4.30. The lowest BCUT2D eigenvalue weighted by atomic mass is 9.83. The van der Waals surface area contributed by atoms with Gasteiger partial charge in [-0.25, -0.2) is 0 Å². The molecule has 0 N–H and O–H groups in total. The molecule has 22 heavy (non-hydrogen) atoms. The predicted molar refractivity (Wildman–Crippen MR) is 95.6 cm³/mol. The zero-order valence-corrected chi connectivity index (χ0v) is 14.8. The maximum absolute atomic E-state index is 2.79. The summed E-state index contributed by atoms with van der Waals surface area (Å²) >= 11 is 0. The van der Waals surface area contributed by atoms with Crippen LogP contribution in [0.4, 0.5) is 0 Å². The smallest absolute Gasteiger partial charge is 0.00952 e. The van der Waals surface area contributed by atoms with Crippen LogP contribution in [-0.4, -0.2) is 24.0 Å². The third kappa shape index (κ3) is 3.74. The second kappa shape index (κ2) is 6.74. The molecule has 1 heterocycles. The fraction of sp³-hybridized carbons (Fsp3) is 0.714. The molecule has 2 aliphatic rings. The summed E-state index contributed by atoms with van der Waals surface area (Å²) in [6, 6.07) is 10.4. The van der Waals surface area contributed by atoms with Crippen LogP contribution in [-0.2, 0) is 5.41 Å². The summed E-state index contributed by atoms with van der Waals surface area (Å²) in [5, 5.41) is 0. The lowest BCUT2D eigenvalue weighted by Crippen LogP contribution is -2.41. The summed E-state index contributed by atoms with van der Waals surface area (Å²) in [6.07, 6.45) is 9.98. The Kier molecular flexibility index (Phi) is 4.92. The molecule has 1 nitrogen and oxygen atoms in total. The van der Waals surface area contributed by atoms with Crippen molar-refractivity contribution >= 4 is 0 Å². The van der Waals surface area contributed by atoms with E-state index >= 15 is 0 Å². The average molecular weight is 300 g/mol. The van der Waals surface area contributed by atoms with Crippen LogP contribution in [0.2, 0.25) is 0 Å². The molecule has 0 spiro atoms. The SMILES string of the molecule is CC(C)(C)c1ccc(C2CCN(C3CCCCC3)CC2)cc1. The summed E-state index contributed by atoms with van der Waals surface area (Å²) in [5.41, 5.74) is 3.29. The quantitative estimate of drug-likeness (QED) is 0.697. The van der Waals surface area contributed by atoms with E-state index in [0.29, 0.717) is 0 Å². The molecule has 1 heteroatoms. The number of likely N-dealkylation sites (tertiary alicyclic amines) is 1. The zero-order valence-electron chi connectivity index (χ0n) is 14.8. The van der Waals surface area contributed by atoms with Gasteiger partial charge in [0.2, 0.25) is 0 Å². The van der Waals surface area contributed by atoms with Crippen LogP contribution in [0.15, 0.2) is 24.3 Å².